The van der Waals surface area contributed by atoms with Crippen molar-refractivity contribution in [1.82, 2.24) is 9.80 Å². The summed E-state index contributed by atoms with van der Waals surface area (Å²) in [5, 5.41) is 4.09. The average molecular weight is 156 g/mol. The van der Waals surface area contributed by atoms with Crippen LogP contribution in [0.15, 0.2) is 0 Å². The SMILES string of the molecule is C[N-]CCN1CCN(C)CC1. The first kappa shape index (κ1) is 8.97. The van der Waals surface area contributed by atoms with Gasteiger partial charge in [0.05, 0.1) is 0 Å². The molecule has 0 N–H and O–H groups in total. The Morgan fingerprint density at radius 2 is 1.82 bits per heavy atom. The van der Waals surface area contributed by atoms with E-state index in [4.69, 9.17) is 0 Å². The second kappa shape index (κ2) is 4.70. The van der Waals surface area contributed by atoms with Crippen LogP contribution in [0.2, 0.25) is 0 Å². The summed E-state index contributed by atoms with van der Waals surface area (Å²) in [5.41, 5.74) is 0. The summed E-state index contributed by atoms with van der Waals surface area (Å²) in [6, 6.07) is 0. The van der Waals surface area contributed by atoms with Crippen molar-refractivity contribution in [3.63, 3.8) is 0 Å². The van der Waals surface area contributed by atoms with E-state index in [1.54, 1.807) is 0 Å². The molecule has 1 heterocycles. The molecule has 0 aromatic heterocycles. The Bertz CT molecular complexity index is 94.8. The average Bonchev–Trinajstić information content (AvgIpc) is 2.04. The van der Waals surface area contributed by atoms with Crippen LogP contribution >= 0.6 is 0 Å². The lowest BCUT2D eigenvalue weighted by molar-refractivity contribution is 0.159. The second-order valence-corrected chi connectivity index (χ2v) is 3.18. The Balaban J connectivity index is 2.07. The van der Waals surface area contributed by atoms with Crippen LogP contribution < -0.4 is 0 Å². The van der Waals surface area contributed by atoms with Crippen LogP contribution in [0.1, 0.15) is 0 Å². The summed E-state index contributed by atoms with van der Waals surface area (Å²) in [4.78, 5) is 4.85. The van der Waals surface area contributed by atoms with Gasteiger partial charge in [0.25, 0.3) is 0 Å². The van der Waals surface area contributed by atoms with Gasteiger partial charge in [-0.25, -0.2) is 0 Å². The van der Waals surface area contributed by atoms with Crippen LogP contribution in [-0.4, -0.2) is 63.2 Å². The van der Waals surface area contributed by atoms with Crippen molar-refractivity contribution in [2.45, 2.75) is 0 Å². The van der Waals surface area contributed by atoms with Crippen molar-refractivity contribution >= 4 is 0 Å². The minimum absolute atomic E-state index is 0.990. The Morgan fingerprint density at radius 1 is 1.18 bits per heavy atom. The van der Waals surface area contributed by atoms with E-state index in [9.17, 15) is 0 Å². The minimum atomic E-state index is 0.990. The Labute approximate surface area is 69.4 Å². The standard InChI is InChI=1S/C8H18N3/c1-9-3-4-11-7-5-10(2)6-8-11/h3-8H2,1-2H3/q-1. The maximum absolute atomic E-state index is 4.09. The molecule has 0 spiro atoms. The monoisotopic (exact) mass is 156 g/mol. The van der Waals surface area contributed by atoms with E-state index >= 15 is 0 Å². The van der Waals surface area contributed by atoms with E-state index in [0.29, 0.717) is 0 Å². The normalized spacial score (nSPS) is 22.4. The fourth-order valence-corrected chi connectivity index (χ4v) is 1.31. The van der Waals surface area contributed by atoms with Gasteiger partial charge in [0, 0.05) is 26.2 Å². The highest BCUT2D eigenvalue weighted by Gasteiger charge is 2.10. The van der Waals surface area contributed by atoms with Gasteiger partial charge in [-0.2, -0.15) is 7.05 Å². The van der Waals surface area contributed by atoms with E-state index < -0.39 is 0 Å². The lowest BCUT2D eigenvalue weighted by atomic mass is 10.3. The van der Waals surface area contributed by atoms with Crippen molar-refractivity contribution in [3.05, 3.63) is 5.32 Å². The zero-order valence-corrected chi connectivity index (χ0v) is 7.58. The molecule has 3 heteroatoms. The first-order valence-corrected chi connectivity index (χ1v) is 4.29. The number of nitrogens with zero attached hydrogens (tertiary/aromatic N) is 3. The summed E-state index contributed by atoms with van der Waals surface area (Å²) in [6.45, 7) is 6.99. The maximum atomic E-state index is 4.09. The van der Waals surface area contributed by atoms with Gasteiger partial charge < -0.3 is 15.1 Å². The number of rotatable bonds is 3. The topological polar surface area (TPSA) is 20.6 Å². The molecule has 1 rings (SSSR count). The third-order valence-corrected chi connectivity index (χ3v) is 2.24. The van der Waals surface area contributed by atoms with Gasteiger partial charge in [-0.05, 0) is 13.6 Å². The molecule has 11 heavy (non-hydrogen) atoms. The first-order valence-electron chi connectivity index (χ1n) is 4.29. The highest BCUT2D eigenvalue weighted by molar-refractivity contribution is 4.76. The van der Waals surface area contributed by atoms with Crippen LogP contribution in [0.25, 0.3) is 5.32 Å². The Morgan fingerprint density at radius 3 is 2.36 bits per heavy atom. The number of likely N-dealkylation sites (N-methyl/N-ethyl adjacent to an activating group) is 2. The lowest BCUT2D eigenvalue weighted by Gasteiger charge is -2.33. The lowest BCUT2D eigenvalue weighted by Crippen LogP contribution is -2.45. The third-order valence-electron chi connectivity index (χ3n) is 2.24. The van der Waals surface area contributed by atoms with Gasteiger partial charge in [-0.1, -0.05) is 0 Å². The number of piperazine rings is 1. The minimum Gasteiger partial charge on any atom is -0.664 e. The Hall–Kier alpha value is -0.120. The van der Waals surface area contributed by atoms with Crippen LogP contribution in [0.5, 0.6) is 0 Å². The molecule has 1 saturated heterocycles. The second-order valence-electron chi connectivity index (χ2n) is 3.18. The van der Waals surface area contributed by atoms with E-state index in [0.717, 1.165) is 13.1 Å². The molecule has 66 valence electrons. The molecule has 0 atom stereocenters. The third kappa shape index (κ3) is 3.18. The van der Waals surface area contributed by atoms with Gasteiger partial charge in [-0.3, -0.25) is 0 Å². The molecule has 0 amide bonds. The summed E-state index contributed by atoms with van der Waals surface area (Å²) < 4.78 is 0. The summed E-state index contributed by atoms with van der Waals surface area (Å²) in [5.74, 6) is 0. The predicted molar refractivity (Wildman–Crippen MR) is 48.1 cm³/mol. The van der Waals surface area contributed by atoms with Crippen LogP contribution in [-0.2, 0) is 0 Å². The van der Waals surface area contributed by atoms with Crippen LogP contribution in [0.3, 0.4) is 0 Å². The molecule has 1 aliphatic rings. The quantitative estimate of drug-likeness (QED) is 0.583. The number of hydrogen-bond donors (Lipinski definition) is 0. The van der Waals surface area contributed by atoms with Gasteiger partial charge in [0.15, 0.2) is 0 Å². The molecule has 0 aromatic rings. The largest absolute Gasteiger partial charge is 0.664 e. The molecular formula is C8H18N3-. The molecule has 0 unspecified atom stereocenters. The van der Waals surface area contributed by atoms with Crippen molar-refractivity contribution in [1.29, 1.82) is 0 Å². The van der Waals surface area contributed by atoms with E-state index in [1.807, 2.05) is 7.05 Å². The van der Waals surface area contributed by atoms with Crippen molar-refractivity contribution < 1.29 is 0 Å². The molecule has 0 bridgehead atoms. The highest BCUT2D eigenvalue weighted by atomic mass is 15.2. The van der Waals surface area contributed by atoms with Gasteiger partial charge >= 0.3 is 0 Å². The van der Waals surface area contributed by atoms with Gasteiger partial charge in [0.2, 0.25) is 0 Å². The molecule has 1 fully saturated rings. The maximum Gasteiger partial charge on any atom is 0.0109 e. The molecule has 0 aromatic carbocycles. The van der Waals surface area contributed by atoms with E-state index in [-0.39, 0.29) is 0 Å². The molecular weight excluding hydrogens is 138 g/mol. The first-order chi connectivity index (χ1) is 5.33. The summed E-state index contributed by atoms with van der Waals surface area (Å²) >= 11 is 0. The van der Waals surface area contributed by atoms with Crippen LogP contribution in [0, 0.1) is 0 Å². The Kier molecular flexibility index (Phi) is 3.83. The molecule has 0 aliphatic carbocycles. The van der Waals surface area contributed by atoms with Crippen LogP contribution in [0.4, 0.5) is 0 Å². The molecule has 0 radical (unpaired) electrons. The smallest absolute Gasteiger partial charge is 0.0109 e. The van der Waals surface area contributed by atoms with E-state index in [1.165, 1.54) is 26.2 Å². The number of hydrogen-bond acceptors (Lipinski definition) is 2. The fraction of sp³-hybridized carbons (Fsp3) is 1.00. The molecule has 0 saturated carbocycles. The van der Waals surface area contributed by atoms with Crippen molar-refractivity contribution in [3.8, 4) is 0 Å². The zero-order chi connectivity index (χ0) is 8.10. The summed E-state index contributed by atoms with van der Waals surface area (Å²) in [6.07, 6.45) is 0. The predicted octanol–water partition coefficient (Wildman–Crippen LogP) is 0.237. The van der Waals surface area contributed by atoms with Crippen molar-refractivity contribution in [2.75, 3.05) is 53.4 Å². The highest BCUT2D eigenvalue weighted by Crippen LogP contribution is 1.98. The van der Waals surface area contributed by atoms with Gasteiger partial charge in [-0.15, -0.1) is 6.54 Å². The van der Waals surface area contributed by atoms with Gasteiger partial charge in [0.1, 0.15) is 0 Å². The van der Waals surface area contributed by atoms with Crippen molar-refractivity contribution in [2.24, 2.45) is 0 Å². The molecule has 3 nitrogen and oxygen atoms in total. The van der Waals surface area contributed by atoms with E-state index in [2.05, 4.69) is 22.2 Å². The summed E-state index contributed by atoms with van der Waals surface area (Å²) in [7, 11) is 4.07. The zero-order valence-electron chi connectivity index (χ0n) is 7.58. The fourth-order valence-electron chi connectivity index (χ4n) is 1.31. The molecule has 1 aliphatic heterocycles.